The molecule has 0 radical (unpaired) electrons. The zero-order chi connectivity index (χ0) is 15.7. The molecule has 21 heavy (non-hydrogen) atoms. The molecule has 0 aliphatic rings. The lowest BCUT2D eigenvalue weighted by Gasteiger charge is -2.05. The van der Waals surface area contributed by atoms with Gasteiger partial charge in [0.25, 0.3) is 5.91 Å². The number of ether oxygens (including phenoxy) is 1. The van der Waals surface area contributed by atoms with Gasteiger partial charge in [-0.1, -0.05) is 29.8 Å². The number of benzene rings is 1. The standard InChI is InChI=1S/C16H19NO4/c1-3-4-5-10-21-15(19)11-14(18)16(20)17-13-8-6-12(2)7-9-13/h3-4,6-9,11,18H,5,10H2,1-2H3,(H,17,20)/b4-3-,14-11-. The SMILES string of the molecule is C/C=C\CCOC(=O)/C=C(\O)C(=O)Nc1ccc(C)cc1. The number of amides is 1. The van der Waals surface area contributed by atoms with Crippen molar-refractivity contribution in [3.05, 3.63) is 53.8 Å². The average molecular weight is 289 g/mol. The van der Waals surface area contributed by atoms with Crippen molar-refractivity contribution in [1.29, 1.82) is 0 Å². The number of aryl methyl sites for hydroxylation is 1. The molecule has 0 saturated heterocycles. The van der Waals surface area contributed by atoms with Crippen LogP contribution in [0.25, 0.3) is 0 Å². The first-order chi connectivity index (χ1) is 10.0. The predicted octanol–water partition coefficient (Wildman–Crippen LogP) is 2.88. The second-order valence-corrected chi connectivity index (χ2v) is 4.37. The molecule has 1 aromatic carbocycles. The summed E-state index contributed by atoms with van der Waals surface area (Å²) in [5, 5.41) is 12.0. The summed E-state index contributed by atoms with van der Waals surface area (Å²) in [6.07, 6.45) is 5.04. The highest BCUT2D eigenvalue weighted by molar-refractivity contribution is 6.05. The molecular weight excluding hydrogens is 270 g/mol. The zero-order valence-corrected chi connectivity index (χ0v) is 12.1. The van der Waals surface area contributed by atoms with Gasteiger partial charge in [0.05, 0.1) is 12.7 Å². The molecule has 112 valence electrons. The highest BCUT2D eigenvalue weighted by Gasteiger charge is 2.10. The van der Waals surface area contributed by atoms with Gasteiger partial charge in [0.2, 0.25) is 0 Å². The normalized spacial score (nSPS) is 11.4. The summed E-state index contributed by atoms with van der Waals surface area (Å²) in [6, 6.07) is 7.06. The first kappa shape index (κ1) is 16.5. The minimum Gasteiger partial charge on any atom is -0.503 e. The third-order valence-corrected chi connectivity index (χ3v) is 2.56. The van der Waals surface area contributed by atoms with Crippen LogP contribution in [0.1, 0.15) is 18.9 Å². The lowest BCUT2D eigenvalue weighted by atomic mass is 10.2. The fraction of sp³-hybridized carbons (Fsp3) is 0.250. The smallest absolute Gasteiger partial charge is 0.334 e. The summed E-state index contributed by atoms with van der Waals surface area (Å²) >= 11 is 0. The average Bonchev–Trinajstić information content (AvgIpc) is 2.46. The van der Waals surface area contributed by atoms with Crippen LogP contribution in [-0.2, 0) is 14.3 Å². The van der Waals surface area contributed by atoms with Gasteiger partial charge >= 0.3 is 5.97 Å². The molecule has 1 rings (SSSR count). The lowest BCUT2D eigenvalue weighted by molar-refractivity contribution is -0.138. The van der Waals surface area contributed by atoms with Gasteiger partial charge in [-0.15, -0.1) is 0 Å². The molecular formula is C16H19NO4. The number of carbonyl (C=O) groups is 2. The summed E-state index contributed by atoms with van der Waals surface area (Å²) < 4.78 is 4.82. The number of hydrogen-bond acceptors (Lipinski definition) is 4. The number of carbonyl (C=O) groups excluding carboxylic acids is 2. The van der Waals surface area contributed by atoms with Crippen LogP contribution in [0.3, 0.4) is 0 Å². The number of aliphatic hydroxyl groups excluding tert-OH is 1. The topological polar surface area (TPSA) is 75.6 Å². The van der Waals surface area contributed by atoms with Crippen LogP contribution in [0, 0.1) is 6.92 Å². The second kappa shape index (κ2) is 8.58. The highest BCUT2D eigenvalue weighted by atomic mass is 16.5. The Labute approximate surface area is 123 Å². The van der Waals surface area contributed by atoms with E-state index in [1.807, 2.05) is 38.1 Å². The molecule has 0 saturated carbocycles. The van der Waals surface area contributed by atoms with E-state index in [2.05, 4.69) is 5.32 Å². The van der Waals surface area contributed by atoms with Gasteiger partial charge in [-0.3, -0.25) is 4.79 Å². The molecule has 0 spiro atoms. The molecule has 0 aromatic heterocycles. The number of aliphatic hydroxyl groups is 1. The van der Waals surface area contributed by atoms with Gasteiger partial charge in [-0.25, -0.2) is 4.79 Å². The van der Waals surface area contributed by atoms with Crippen molar-refractivity contribution < 1.29 is 19.4 Å². The van der Waals surface area contributed by atoms with Crippen LogP contribution in [0.2, 0.25) is 0 Å². The van der Waals surface area contributed by atoms with Gasteiger partial charge in [0.1, 0.15) is 0 Å². The minimum atomic E-state index is -0.760. The zero-order valence-electron chi connectivity index (χ0n) is 12.1. The molecule has 0 aliphatic heterocycles. The maximum atomic E-state index is 11.7. The molecule has 1 amide bonds. The van der Waals surface area contributed by atoms with Gasteiger partial charge in [0.15, 0.2) is 5.76 Å². The Bertz CT molecular complexity index is 544. The van der Waals surface area contributed by atoms with E-state index < -0.39 is 17.6 Å². The van der Waals surface area contributed by atoms with E-state index in [4.69, 9.17) is 4.74 Å². The van der Waals surface area contributed by atoms with Crippen molar-refractivity contribution in [2.75, 3.05) is 11.9 Å². The summed E-state index contributed by atoms with van der Waals surface area (Å²) in [4.78, 5) is 23.0. The van der Waals surface area contributed by atoms with Crippen LogP contribution in [0.4, 0.5) is 5.69 Å². The fourth-order valence-corrected chi connectivity index (χ4v) is 1.45. The second-order valence-electron chi connectivity index (χ2n) is 4.37. The van der Waals surface area contributed by atoms with Crippen molar-refractivity contribution in [1.82, 2.24) is 0 Å². The van der Waals surface area contributed by atoms with Gasteiger partial charge in [0, 0.05) is 5.69 Å². The number of nitrogens with one attached hydrogen (secondary N) is 1. The Morgan fingerprint density at radius 3 is 2.57 bits per heavy atom. The van der Waals surface area contributed by atoms with Crippen LogP contribution in [0.15, 0.2) is 48.3 Å². The van der Waals surface area contributed by atoms with E-state index in [-0.39, 0.29) is 6.61 Å². The van der Waals surface area contributed by atoms with Crippen molar-refractivity contribution >= 4 is 17.6 Å². The van der Waals surface area contributed by atoms with E-state index in [1.165, 1.54) is 0 Å². The Kier molecular flexibility index (Phi) is 6.74. The minimum absolute atomic E-state index is 0.201. The molecule has 0 unspecified atom stereocenters. The molecule has 5 nitrogen and oxygen atoms in total. The molecule has 1 aromatic rings. The van der Waals surface area contributed by atoms with Crippen LogP contribution < -0.4 is 5.32 Å². The Hall–Kier alpha value is -2.56. The third-order valence-electron chi connectivity index (χ3n) is 2.56. The maximum Gasteiger partial charge on any atom is 0.334 e. The number of rotatable bonds is 6. The summed E-state index contributed by atoms with van der Waals surface area (Å²) in [5.74, 6) is -2.20. The predicted molar refractivity (Wildman–Crippen MR) is 80.9 cm³/mol. The summed E-state index contributed by atoms with van der Waals surface area (Å²) in [7, 11) is 0. The Morgan fingerprint density at radius 1 is 1.29 bits per heavy atom. The van der Waals surface area contributed by atoms with Crippen molar-refractivity contribution in [3.8, 4) is 0 Å². The third kappa shape index (κ3) is 6.42. The Balaban J connectivity index is 2.50. The molecule has 0 bridgehead atoms. The van der Waals surface area contributed by atoms with E-state index in [0.717, 1.165) is 11.6 Å². The lowest BCUT2D eigenvalue weighted by Crippen LogP contribution is -2.16. The summed E-state index contributed by atoms with van der Waals surface area (Å²) in [6.45, 7) is 3.99. The number of esters is 1. The largest absolute Gasteiger partial charge is 0.503 e. The molecule has 0 aliphatic carbocycles. The van der Waals surface area contributed by atoms with E-state index in [0.29, 0.717) is 12.1 Å². The van der Waals surface area contributed by atoms with Crippen molar-refractivity contribution in [2.45, 2.75) is 20.3 Å². The maximum absolute atomic E-state index is 11.7. The Morgan fingerprint density at radius 2 is 1.95 bits per heavy atom. The van der Waals surface area contributed by atoms with Gasteiger partial charge in [-0.2, -0.15) is 0 Å². The van der Waals surface area contributed by atoms with E-state index in [1.54, 1.807) is 12.1 Å². The quantitative estimate of drug-likeness (QED) is 0.277. The number of anilines is 1. The molecule has 0 heterocycles. The highest BCUT2D eigenvalue weighted by Crippen LogP contribution is 2.09. The van der Waals surface area contributed by atoms with Crippen molar-refractivity contribution in [2.24, 2.45) is 0 Å². The fourth-order valence-electron chi connectivity index (χ4n) is 1.45. The van der Waals surface area contributed by atoms with E-state index >= 15 is 0 Å². The van der Waals surface area contributed by atoms with Crippen LogP contribution in [-0.4, -0.2) is 23.6 Å². The molecule has 0 fully saturated rings. The monoisotopic (exact) mass is 289 g/mol. The molecule has 5 heteroatoms. The molecule has 0 atom stereocenters. The van der Waals surface area contributed by atoms with Gasteiger partial charge in [-0.05, 0) is 32.4 Å². The number of allylic oxidation sites excluding steroid dienone is 1. The van der Waals surface area contributed by atoms with Crippen LogP contribution in [0.5, 0.6) is 0 Å². The van der Waals surface area contributed by atoms with E-state index in [9.17, 15) is 14.7 Å². The summed E-state index contributed by atoms with van der Waals surface area (Å²) in [5.41, 5.74) is 1.59. The van der Waals surface area contributed by atoms with Crippen LogP contribution >= 0.6 is 0 Å². The van der Waals surface area contributed by atoms with Gasteiger partial charge < -0.3 is 15.2 Å². The first-order valence-electron chi connectivity index (χ1n) is 6.59. The van der Waals surface area contributed by atoms with Crippen molar-refractivity contribution in [3.63, 3.8) is 0 Å². The first-order valence-corrected chi connectivity index (χ1v) is 6.59. The number of hydrogen-bond donors (Lipinski definition) is 2. The molecule has 2 N–H and O–H groups in total.